The fraction of sp³-hybridized carbons (Fsp3) is 0.467. The molecule has 1 rings (SSSR count). The Morgan fingerprint density at radius 2 is 2.11 bits per heavy atom. The molecule has 4 heteroatoms. The van der Waals surface area contributed by atoms with E-state index in [0.717, 1.165) is 18.5 Å². The van der Waals surface area contributed by atoms with Crippen molar-refractivity contribution in [3.63, 3.8) is 0 Å². The predicted octanol–water partition coefficient (Wildman–Crippen LogP) is 2.36. The largest absolute Gasteiger partial charge is 0.465 e. The summed E-state index contributed by atoms with van der Waals surface area (Å²) < 4.78 is 4.98. The van der Waals surface area contributed by atoms with E-state index in [0.29, 0.717) is 19.7 Å². The third-order valence-corrected chi connectivity index (χ3v) is 2.65. The van der Waals surface area contributed by atoms with Crippen molar-refractivity contribution in [1.82, 2.24) is 4.90 Å². The summed E-state index contributed by atoms with van der Waals surface area (Å²) in [5.41, 5.74) is 1.16. The van der Waals surface area contributed by atoms with E-state index in [1.54, 1.807) is 6.92 Å². The molecule has 1 aromatic carbocycles. The molecule has 0 aliphatic carbocycles. The van der Waals surface area contributed by atoms with Gasteiger partial charge in [-0.3, -0.25) is 9.69 Å². The van der Waals surface area contributed by atoms with Gasteiger partial charge in [-0.25, -0.2) is 6.57 Å². The number of esters is 1. The zero-order valence-electron chi connectivity index (χ0n) is 11.3. The summed E-state index contributed by atoms with van der Waals surface area (Å²) in [5, 5.41) is 0. The van der Waals surface area contributed by atoms with Crippen molar-refractivity contribution in [2.45, 2.75) is 19.9 Å². The average molecular weight is 260 g/mol. The Labute approximate surface area is 114 Å². The maximum atomic E-state index is 11.6. The fourth-order valence-electron chi connectivity index (χ4n) is 1.82. The summed E-state index contributed by atoms with van der Waals surface area (Å²) in [4.78, 5) is 16.9. The molecule has 0 radical (unpaired) electrons. The highest BCUT2D eigenvalue weighted by Crippen LogP contribution is 2.05. The average Bonchev–Trinajstić information content (AvgIpc) is 2.40. The zero-order valence-corrected chi connectivity index (χ0v) is 11.3. The summed E-state index contributed by atoms with van der Waals surface area (Å²) in [6, 6.07) is 10.0. The van der Waals surface area contributed by atoms with Crippen molar-refractivity contribution in [3.8, 4) is 0 Å². The predicted molar refractivity (Wildman–Crippen MR) is 74.4 cm³/mol. The van der Waals surface area contributed by atoms with E-state index in [1.165, 1.54) is 0 Å². The maximum absolute atomic E-state index is 11.6. The first-order valence-corrected chi connectivity index (χ1v) is 6.51. The van der Waals surface area contributed by atoms with Gasteiger partial charge >= 0.3 is 5.97 Å². The van der Waals surface area contributed by atoms with Gasteiger partial charge in [-0.15, -0.1) is 0 Å². The van der Waals surface area contributed by atoms with Crippen molar-refractivity contribution in [3.05, 3.63) is 47.3 Å². The smallest absolute Gasteiger partial charge is 0.320 e. The summed E-state index contributed by atoms with van der Waals surface area (Å²) in [6.45, 7) is 11.2. The Morgan fingerprint density at radius 1 is 1.37 bits per heavy atom. The van der Waals surface area contributed by atoms with Crippen molar-refractivity contribution in [1.29, 1.82) is 0 Å². The molecule has 0 saturated heterocycles. The Morgan fingerprint density at radius 3 is 2.74 bits per heavy atom. The molecule has 4 nitrogen and oxygen atoms in total. The van der Waals surface area contributed by atoms with Gasteiger partial charge in [-0.2, -0.15) is 0 Å². The normalized spacial score (nSPS) is 10.2. The van der Waals surface area contributed by atoms with Crippen LogP contribution in [0.4, 0.5) is 0 Å². The van der Waals surface area contributed by atoms with Crippen LogP contribution in [-0.2, 0) is 16.1 Å². The first-order chi connectivity index (χ1) is 9.26. The molecule has 0 amide bonds. The lowest BCUT2D eigenvalue weighted by molar-refractivity contribution is -0.144. The molecule has 19 heavy (non-hydrogen) atoms. The molecule has 0 bridgehead atoms. The molecule has 102 valence electrons. The molecule has 0 N–H and O–H groups in total. The van der Waals surface area contributed by atoms with Gasteiger partial charge in [0.15, 0.2) is 0 Å². The van der Waals surface area contributed by atoms with Crippen LogP contribution in [0.5, 0.6) is 0 Å². The van der Waals surface area contributed by atoms with Crippen LogP contribution in [0.25, 0.3) is 4.85 Å². The number of rotatable bonds is 8. The Hall–Kier alpha value is -1.86. The number of hydrogen-bond donors (Lipinski definition) is 0. The quantitative estimate of drug-likeness (QED) is 0.409. The van der Waals surface area contributed by atoms with Gasteiger partial charge < -0.3 is 9.58 Å². The van der Waals surface area contributed by atoms with Crippen LogP contribution in [-0.4, -0.2) is 37.1 Å². The molecule has 0 aliphatic heterocycles. The lowest BCUT2D eigenvalue weighted by atomic mass is 10.2. The molecular formula is C15H20N2O2. The molecule has 0 aromatic heterocycles. The maximum Gasteiger partial charge on any atom is 0.320 e. The number of carbonyl (C=O) groups excluding carboxylic acids is 1. The summed E-state index contributed by atoms with van der Waals surface area (Å²) in [7, 11) is 0. The molecule has 0 unspecified atom stereocenters. The Kier molecular flexibility index (Phi) is 7.30. The molecule has 0 aliphatic rings. The summed E-state index contributed by atoms with van der Waals surface area (Å²) in [6.07, 6.45) is 0.774. The van der Waals surface area contributed by atoms with Gasteiger partial charge in [-0.1, -0.05) is 30.3 Å². The van der Waals surface area contributed by atoms with E-state index in [4.69, 9.17) is 11.3 Å². The fourth-order valence-corrected chi connectivity index (χ4v) is 1.82. The van der Waals surface area contributed by atoms with Crippen LogP contribution in [0.3, 0.4) is 0 Å². The van der Waals surface area contributed by atoms with Gasteiger partial charge in [0, 0.05) is 19.5 Å². The molecule has 0 spiro atoms. The molecule has 0 saturated carbocycles. The minimum atomic E-state index is -0.207. The molecule has 1 aromatic rings. The first kappa shape index (κ1) is 15.2. The van der Waals surface area contributed by atoms with E-state index in [1.807, 2.05) is 35.2 Å². The minimum Gasteiger partial charge on any atom is -0.465 e. The van der Waals surface area contributed by atoms with E-state index in [9.17, 15) is 4.79 Å². The minimum absolute atomic E-state index is 0.207. The van der Waals surface area contributed by atoms with E-state index in [-0.39, 0.29) is 12.5 Å². The number of hydrogen-bond acceptors (Lipinski definition) is 3. The lowest BCUT2D eigenvalue weighted by Crippen LogP contribution is -2.31. The zero-order chi connectivity index (χ0) is 13.9. The second kappa shape index (κ2) is 9.12. The second-order valence-corrected chi connectivity index (χ2v) is 4.24. The summed E-state index contributed by atoms with van der Waals surface area (Å²) >= 11 is 0. The van der Waals surface area contributed by atoms with Crippen LogP contribution in [0.2, 0.25) is 0 Å². The number of ether oxygens (including phenoxy) is 1. The highest BCUT2D eigenvalue weighted by atomic mass is 16.5. The van der Waals surface area contributed by atoms with Gasteiger partial charge in [0.25, 0.3) is 0 Å². The standard InChI is InChI=1S/C15H20N2O2/c1-3-19-15(18)13-17(11-7-10-16-2)12-14-8-5-4-6-9-14/h4-6,8-9H,3,7,10-13H2,1H3. The van der Waals surface area contributed by atoms with Crippen LogP contribution < -0.4 is 0 Å². The van der Waals surface area contributed by atoms with Crippen molar-refractivity contribution < 1.29 is 9.53 Å². The molecular weight excluding hydrogens is 240 g/mol. The Bertz CT molecular complexity index is 412. The number of nitrogens with zero attached hydrogens (tertiary/aromatic N) is 2. The SMILES string of the molecule is [C-]#[N+]CCCN(CC(=O)OCC)Cc1ccccc1. The third kappa shape index (κ3) is 6.58. The van der Waals surface area contributed by atoms with Crippen molar-refractivity contribution in [2.75, 3.05) is 26.2 Å². The summed E-state index contributed by atoms with van der Waals surface area (Å²) in [5.74, 6) is -0.207. The van der Waals surface area contributed by atoms with E-state index in [2.05, 4.69) is 4.85 Å². The number of benzene rings is 1. The van der Waals surface area contributed by atoms with Gasteiger partial charge in [0.1, 0.15) is 0 Å². The molecule has 0 fully saturated rings. The van der Waals surface area contributed by atoms with Crippen LogP contribution in [0.1, 0.15) is 18.9 Å². The third-order valence-electron chi connectivity index (χ3n) is 2.65. The second-order valence-electron chi connectivity index (χ2n) is 4.24. The number of carbonyl (C=O) groups is 1. The highest BCUT2D eigenvalue weighted by Gasteiger charge is 2.12. The molecule has 0 atom stereocenters. The van der Waals surface area contributed by atoms with E-state index < -0.39 is 0 Å². The lowest BCUT2D eigenvalue weighted by Gasteiger charge is -2.20. The van der Waals surface area contributed by atoms with E-state index >= 15 is 0 Å². The highest BCUT2D eigenvalue weighted by molar-refractivity contribution is 5.71. The van der Waals surface area contributed by atoms with Crippen molar-refractivity contribution in [2.24, 2.45) is 0 Å². The van der Waals surface area contributed by atoms with Crippen molar-refractivity contribution >= 4 is 5.97 Å². The first-order valence-electron chi connectivity index (χ1n) is 6.51. The van der Waals surface area contributed by atoms with Crippen LogP contribution in [0, 0.1) is 6.57 Å². The van der Waals surface area contributed by atoms with Crippen LogP contribution >= 0.6 is 0 Å². The van der Waals surface area contributed by atoms with Crippen LogP contribution in [0.15, 0.2) is 30.3 Å². The van der Waals surface area contributed by atoms with Gasteiger partial charge in [0.05, 0.1) is 13.2 Å². The topological polar surface area (TPSA) is 33.9 Å². The Balaban J connectivity index is 2.53. The van der Waals surface area contributed by atoms with Gasteiger partial charge in [-0.05, 0) is 12.5 Å². The monoisotopic (exact) mass is 260 g/mol. The molecule has 0 heterocycles. The van der Waals surface area contributed by atoms with Gasteiger partial charge in [0.2, 0.25) is 6.54 Å².